The lowest BCUT2D eigenvalue weighted by atomic mass is 9.72. The SMILES string of the molecule is CC(C)OC(=O)OCOc1ccc(C(CN(C)C)C2(O)CCCCC2)cc1. The van der Waals surface area contributed by atoms with Crippen molar-refractivity contribution in [2.45, 2.75) is 63.6 Å². The molecule has 1 aromatic carbocycles. The topological polar surface area (TPSA) is 68.2 Å². The van der Waals surface area contributed by atoms with Crippen molar-refractivity contribution in [2.75, 3.05) is 27.4 Å². The quantitative estimate of drug-likeness (QED) is 0.545. The van der Waals surface area contributed by atoms with Gasteiger partial charge in [0.05, 0.1) is 11.7 Å². The van der Waals surface area contributed by atoms with E-state index in [9.17, 15) is 9.90 Å². The summed E-state index contributed by atoms with van der Waals surface area (Å²) in [5, 5.41) is 11.2. The number of hydrogen-bond acceptors (Lipinski definition) is 6. The van der Waals surface area contributed by atoms with E-state index in [1.807, 2.05) is 38.4 Å². The van der Waals surface area contributed by atoms with Gasteiger partial charge < -0.3 is 24.2 Å². The van der Waals surface area contributed by atoms with E-state index in [0.717, 1.165) is 37.8 Å². The molecular formula is C21H33NO5. The number of aliphatic hydroxyl groups is 1. The van der Waals surface area contributed by atoms with Gasteiger partial charge in [0.1, 0.15) is 5.75 Å². The zero-order chi connectivity index (χ0) is 19.9. The van der Waals surface area contributed by atoms with Crippen LogP contribution in [0.25, 0.3) is 0 Å². The van der Waals surface area contributed by atoms with Gasteiger partial charge in [-0.05, 0) is 58.5 Å². The van der Waals surface area contributed by atoms with Crippen molar-refractivity contribution in [3.8, 4) is 5.75 Å². The van der Waals surface area contributed by atoms with E-state index in [1.165, 1.54) is 6.42 Å². The maximum absolute atomic E-state index is 11.3. The maximum atomic E-state index is 11.3. The molecule has 0 aromatic heterocycles. The average molecular weight is 379 g/mol. The molecule has 152 valence electrons. The van der Waals surface area contributed by atoms with Crippen molar-refractivity contribution < 1.29 is 24.1 Å². The fourth-order valence-electron chi connectivity index (χ4n) is 3.63. The summed E-state index contributed by atoms with van der Waals surface area (Å²) in [4.78, 5) is 13.5. The lowest BCUT2D eigenvalue weighted by Gasteiger charge is -2.40. The molecule has 2 rings (SSSR count). The van der Waals surface area contributed by atoms with Crippen LogP contribution in [0.5, 0.6) is 5.75 Å². The predicted octanol–water partition coefficient (Wildman–Crippen LogP) is 3.92. The zero-order valence-electron chi connectivity index (χ0n) is 16.9. The van der Waals surface area contributed by atoms with Gasteiger partial charge in [-0.15, -0.1) is 0 Å². The highest BCUT2D eigenvalue weighted by Gasteiger charge is 2.38. The summed E-state index contributed by atoms with van der Waals surface area (Å²) in [6, 6.07) is 7.67. The van der Waals surface area contributed by atoms with E-state index >= 15 is 0 Å². The van der Waals surface area contributed by atoms with Crippen LogP contribution in [0.2, 0.25) is 0 Å². The molecule has 27 heavy (non-hydrogen) atoms. The fourth-order valence-corrected chi connectivity index (χ4v) is 3.63. The van der Waals surface area contributed by atoms with E-state index in [1.54, 1.807) is 13.8 Å². The molecule has 6 heteroatoms. The molecule has 0 heterocycles. The molecule has 1 aliphatic rings. The van der Waals surface area contributed by atoms with E-state index < -0.39 is 11.8 Å². The second-order valence-corrected chi connectivity index (χ2v) is 7.87. The van der Waals surface area contributed by atoms with Crippen LogP contribution in [0, 0.1) is 0 Å². The number of ether oxygens (including phenoxy) is 3. The van der Waals surface area contributed by atoms with Crippen LogP contribution in [0.3, 0.4) is 0 Å². The first-order valence-electron chi connectivity index (χ1n) is 9.73. The maximum Gasteiger partial charge on any atom is 0.511 e. The van der Waals surface area contributed by atoms with E-state index in [0.29, 0.717) is 5.75 Å². The summed E-state index contributed by atoms with van der Waals surface area (Å²) in [6.45, 7) is 4.10. The normalized spacial score (nSPS) is 17.6. The summed E-state index contributed by atoms with van der Waals surface area (Å²) in [6.07, 6.45) is 4.06. The highest BCUT2D eigenvalue weighted by Crippen LogP contribution is 2.40. The fraction of sp³-hybridized carbons (Fsp3) is 0.667. The van der Waals surface area contributed by atoms with Gasteiger partial charge in [0.15, 0.2) is 0 Å². The summed E-state index contributed by atoms with van der Waals surface area (Å²) in [7, 11) is 4.06. The minimum Gasteiger partial charge on any atom is -0.457 e. The first-order valence-corrected chi connectivity index (χ1v) is 9.73. The minimum atomic E-state index is -0.743. The third-order valence-electron chi connectivity index (χ3n) is 4.93. The Morgan fingerprint density at radius 2 is 1.78 bits per heavy atom. The van der Waals surface area contributed by atoms with Gasteiger partial charge in [-0.25, -0.2) is 4.79 Å². The lowest BCUT2D eigenvalue weighted by molar-refractivity contribution is -0.0278. The third-order valence-corrected chi connectivity index (χ3v) is 4.93. The van der Waals surface area contributed by atoms with Crippen molar-refractivity contribution in [3.63, 3.8) is 0 Å². The lowest BCUT2D eigenvalue weighted by Crippen LogP contribution is -2.42. The number of hydrogen-bond donors (Lipinski definition) is 1. The van der Waals surface area contributed by atoms with E-state index in [2.05, 4.69) is 4.90 Å². The second kappa shape index (κ2) is 9.95. The smallest absolute Gasteiger partial charge is 0.457 e. The Bertz CT molecular complexity index is 579. The molecule has 1 aromatic rings. The molecule has 0 amide bonds. The number of carbonyl (C=O) groups is 1. The van der Waals surface area contributed by atoms with Crippen LogP contribution in [-0.2, 0) is 9.47 Å². The highest BCUT2D eigenvalue weighted by atomic mass is 16.8. The molecule has 0 saturated heterocycles. The predicted molar refractivity (Wildman–Crippen MR) is 104 cm³/mol. The highest BCUT2D eigenvalue weighted by molar-refractivity contribution is 5.59. The molecule has 1 unspecified atom stereocenters. The standard InChI is InChI=1S/C21H33NO5/c1-16(2)27-20(23)26-15-25-18-10-8-17(9-11-18)19(14-22(3)4)21(24)12-6-5-7-13-21/h8-11,16,19,24H,5-7,12-15H2,1-4H3. The Kier molecular flexibility index (Phi) is 7.92. The summed E-state index contributed by atoms with van der Waals surface area (Å²) in [5.74, 6) is 0.662. The summed E-state index contributed by atoms with van der Waals surface area (Å²) < 4.78 is 15.2. The van der Waals surface area contributed by atoms with Gasteiger partial charge >= 0.3 is 6.16 Å². The molecule has 1 atom stereocenters. The number of rotatable bonds is 8. The van der Waals surface area contributed by atoms with Gasteiger partial charge in [-0.3, -0.25) is 0 Å². The van der Waals surface area contributed by atoms with Crippen molar-refractivity contribution >= 4 is 6.16 Å². The van der Waals surface area contributed by atoms with Gasteiger partial charge in [-0.2, -0.15) is 0 Å². The first-order chi connectivity index (χ1) is 12.8. The van der Waals surface area contributed by atoms with Crippen molar-refractivity contribution in [3.05, 3.63) is 29.8 Å². The Hall–Kier alpha value is -1.79. The van der Waals surface area contributed by atoms with Crippen LogP contribution < -0.4 is 4.74 Å². The zero-order valence-corrected chi connectivity index (χ0v) is 16.9. The molecule has 1 fully saturated rings. The molecule has 0 aliphatic heterocycles. The number of nitrogens with zero attached hydrogens (tertiary/aromatic N) is 1. The van der Waals surface area contributed by atoms with E-state index in [4.69, 9.17) is 14.2 Å². The van der Waals surface area contributed by atoms with Crippen molar-refractivity contribution in [1.82, 2.24) is 4.90 Å². The van der Waals surface area contributed by atoms with Crippen molar-refractivity contribution in [2.24, 2.45) is 0 Å². The molecular weight excluding hydrogens is 346 g/mol. The average Bonchev–Trinajstić information content (AvgIpc) is 2.60. The van der Waals surface area contributed by atoms with Crippen LogP contribution in [0.15, 0.2) is 24.3 Å². The number of benzene rings is 1. The largest absolute Gasteiger partial charge is 0.511 e. The Balaban J connectivity index is 1.98. The van der Waals surface area contributed by atoms with Crippen LogP contribution in [0.4, 0.5) is 4.79 Å². The Morgan fingerprint density at radius 1 is 1.15 bits per heavy atom. The molecule has 0 spiro atoms. The molecule has 1 aliphatic carbocycles. The van der Waals surface area contributed by atoms with Crippen molar-refractivity contribution in [1.29, 1.82) is 0 Å². The molecule has 0 bridgehead atoms. The summed E-state index contributed by atoms with van der Waals surface area (Å²) in [5.41, 5.74) is 0.440. The van der Waals surface area contributed by atoms with Gasteiger partial charge in [0.25, 0.3) is 0 Å². The molecule has 1 saturated carbocycles. The summed E-state index contributed by atoms with van der Waals surface area (Å²) >= 11 is 0. The van der Waals surface area contributed by atoms with Gasteiger partial charge in [0, 0.05) is 12.5 Å². The Labute approximate surface area is 162 Å². The third kappa shape index (κ3) is 6.70. The Morgan fingerprint density at radius 3 is 2.33 bits per heavy atom. The van der Waals surface area contributed by atoms with Crippen LogP contribution >= 0.6 is 0 Å². The monoisotopic (exact) mass is 379 g/mol. The van der Waals surface area contributed by atoms with Crippen LogP contribution in [0.1, 0.15) is 57.4 Å². The van der Waals surface area contributed by atoms with Gasteiger partial charge in [-0.1, -0.05) is 31.4 Å². The van der Waals surface area contributed by atoms with E-state index in [-0.39, 0.29) is 18.8 Å². The number of carbonyl (C=O) groups excluding carboxylic acids is 1. The second-order valence-electron chi connectivity index (χ2n) is 7.87. The van der Waals surface area contributed by atoms with Crippen LogP contribution in [-0.4, -0.2) is 55.3 Å². The first kappa shape index (κ1) is 21.5. The van der Waals surface area contributed by atoms with Gasteiger partial charge in [0.2, 0.25) is 6.79 Å². The molecule has 0 radical (unpaired) electrons. The molecule has 6 nitrogen and oxygen atoms in total. The minimum absolute atomic E-state index is 0.0547. The number of likely N-dealkylation sites (N-methyl/N-ethyl adjacent to an activating group) is 1. The molecule has 1 N–H and O–H groups in total.